The van der Waals surface area contributed by atoms with Crippen LogP contribution in [-0.4, -0.2) is 19.9 Å². The van der Waals surface area contributed by atoms with Gasteiger partial charge in [-0.2, -0.15) is 0 Å². The molecule has 0 atom stereocenters. The van der Waals surface area contributed by atoms with Crippen molar-refractivity contribution >= 4 is 23.3 Å². The van der Waals surface area contributed by atoms with E-state index in [0.29, 0.717) is 0 Å². The quantitative estimate of drug-likeness (QED) is 0.558. The predicted octanol–water partition coefficient (Wildman–Crippen LogP) is 0.760. The zero-order chi connectivity index (χ0) is 11.7. The standard InChI is InChI=1S/C6H6N8O2/c7-1-2(8)10-3(9-1)4-11-5(13-15)6(12-4)14-16/h7-8H2,(H,9,10)(H,11,12). The molecule has 6 N–H and O–H groups in total. The highest BCUT2D eigenvalue weighted by Crippen LogP contribution is 2.28. The number of anilines is 2. The van der Waals surface area contributed by atoms with E-state index in [4.69, 9.17) is 11.5 Å². The first-order chi connectivity index (χ1) is 7.65. The van der Waals surface area contributed by atoms with Crippen molar-refractivity contribution in [2.75, 3.05) is 11.5 Å². The lowest BCUT2D eigenvalue weighted by Crippen LogP contribution is -1.91. The van der Waals surface area contributed by atoms with Crippen molar-refractivity contribution in [2.24, 2.45) is 10.4 Å². The van der Waals surface area contributed by atoms with Gasteiger partial charge >= 0.3 is 0 Å². The average molecular weight is 222 g/mol. The van der Waals surface area contributed by atoms with E-state index in [2.05, 4.69) is 30.3 Å². The van der Waals surface area contributed by atoms with E-state index >= 15 is 0 Å². The van der Waals surface area contributed by atoms with Crippen molar-refractivity contribution < 1.29 is 0 Å². The van der Waals surface area contributed by atoms with Gasteiger partial charge in [-0.15, -0.1) is 9.81 Å². The number of aromatic nitrogens is 4. The fourth-order valence-corrected chi connectivity index (χ4v) is 1.11. The smallest absolute Gasteiger partial charge is 0.245 e. The number of nitrogens with zero attached hydrogens (tertiary/aromatic N) is 4. The van der Waals surface area contributed by atoms with Crippen LogP contribution in [-0.2, 0) is 0 Å². The number of hydrogen-bond acceptors (Lipinski definition) is 8. The highest BCUT2D eigenvalue weighted by molar-refractivity contribution is 5.65. The summed E-state index contributed by atoms with van der Waals surface area (Å²) in [6.07, 6.45) is 0. The Kier molecular flexibility index (Phi) is 2.08. The van der Waals surface area contributed by atoms with E-state index in [1.165, 1.54) is 0 Å². The average Bonchev–Trinajstić information content (AvgIpc) is 2.83. The van der Waals surface area contributed by atoms with Crippen LogP contribution in [0.3, 0.4) is 0 Å². The molecule has 0 aliphatic heterocycles. The minimum Gasteiger partial charge on any atom is -0.382 e. The van der Waals surface area contributed by atoms with Crippen molar-refractivity contribution in [1.82, 2.24) is 19.9 Å². The van der Waals surface area contributed by atoms with Crippen LogP contribution in [0.4, 0.5) is 23.3 Å². The predicted molar refractivity (Wildman–Crippen MR) is 55.9 cm³/mol. The normalized spacial score (nSPS) is 10.2. The van der Waals surface area contributed by atoms with Gasteiger partial charge in [-0.3, -0.25) is 0 Å². The summed E-state index contributed by atoms with van der Waals surface area (Å²) in [4.78, 5) is 33.2. The van der Waals surface area contributed by atoms with Crippen LogP contribution in [0.25, 0.3) is 11.6 Å². The molecule has 0 aliphatic rings. The molecule has 16 heavy (non-hydrogen) atoms. The molecule has 0 fully saturated rings. The number of H-pyrrole nitrogens is 2. The Hall–Kier alpha value is -2.78. The van der Waals surface area contributed by atoms with Crippen LogP contribution in [0, 0.1) is 9.81 Å². The van der Waals surface area contributed by atoms with Crippen LogP contribution < -0.4 is 11.5 Å². The van der Waals surface area contributed by atoms with Gasteiger partial charge in [0.05, 0.1) is 0 Å². The molecule has 0 aliphatic carbocycles. The minimum absolute atomic E-state index is 0.0904. The van der Waals surface area contributed by atoms with E-state index in [-0.39, 0.29) is 34.9 Å². The van der Waals surface area contributed by atoms with Gasteiger partial charge in [0.25, 0.3) is 0 Å². The molecule has 82 valence electrons. The first kappa shape index (κ1) is 9.76. The first-order valence-corrected chi connectivity index (χ1v) is 4.03. The molecule has 2 aromatic heterocycles. The Balaban J connectivity index is 2.52. The molecule has 2 heterocycles. The maximum absolute atomic E-state index is 10.3. The third-order valence-corrected chi connectivity index (χ3v) is 1.83. The van der Waals surface area contributed by atoms with Crippen LogP contribution in [0.2, 0.25) is 0 Å². The van der Waals surface area contributed by atoms with Gasteiger partial charge in [0.15, 0.2) is 17.5 Å². The van der Waals surface area contributed by atoms with Crippen LogP contribution in [0.1, 0.15) is 0 Å². The van der Waals surface area contributed by atoms with Crippen LogP contribution >= 0.6 is 0 Å². The Morgan fingerprint density at radius 1 is 1.00 bits per heavy atom. The maximum atomic E-state index is 10.3. The Morgan fingerprint density at radius 3 is 2.12 bits per heavy atom. The molecular formula is C6H6N8O2. The molecule has 0 bridgehead atoms. The molecule has 2 rings (SSSR count). The van der Waals surface area contributed by atoms with Crippen molar-refractivity contribution in [1.29, 1.82) is 0 Å². The number of imidazole rings is 2. The van der Waals surface area contributed by atoms with Crippen molar-refractivity contribution in [2.45, 2.75) is 0 Å². The maximum Gasteiger partial charge on any atom is 0.245 e. The fraction of sp³-hybridized carbons (Fsp3) is 0. The van der Waals surface area contributed by atoms with Gasteiger partial charge in [0.1, 0.15) is 5.82 Å². The molecule has 0 radical (unpaired) electrons. The molecule has 0 amide bonds. The molecule has 0 spiro atoms. The summed E-state index contributed by atoms with van der Waals surface area (Å²) in [5.41, 5.74) is 10.8. The number of nitrogens with two attached hydrogens (primary N) is 2. The summed E-state index contributed by atoms with van der Waals surface area (Å²) in [5, 5.41) is 5.08. The van der Waals surface area contributed by atoms with Crippen molar-refractivity contribution in [3.05, 3.63) is 9.81 Å². The highest BCUT2D eigenvalue weighted by Gasteiger charge is 2.16. The lowest BCUT2D eigenvalue weighted by molar-refractivity contribution is 1.19. The van der Waals surface area contributed by atoms with Gasteiger partial charge in [-0.05, 0) is 10.4 Å². The Labute approximate surface area is 87.4 Å². The SMILES string of the molecule is Nc1nc(-c2nc(N=O)c(N=O)[nH]2)[nH]c1N. The number of hydrogen-bond donors (Lipinski definition) is 4. The molecule has 0 unspecified atom stereocenters. The van der Waals surface area contributed by atoms with Gasteiger partial charge in [0.2, 0.25) is 11.6 Å². The van der Waals surface area contributed by atoms with Gasteiger partial charge in [0, 0.05) is 0 Å². The van der Waals surface area contributed by atoms with Crippen molar-refractivity contribution in [3.63, 3.8) is 0 Å². The molecule has 0 aromatic carbocycles. The molecule has 10 nitrogen and oxygen atoms in total. The minimum atomic E-state index is -0.349. The lowest BCUT2D eigenvalue weighted by Gasteiger charge is -1.86. The van der Waals surface area contributed by atoms with E-state index in [1.54, 1.807) is 0 Å². The molecule has 2 aromatic rings. The summed E-state index contributed by atoms with van der Waals surface area (Å²) >= 11 is 0. The monoisotopic (exact) mass is 222 g/mol. The second-order valence-corrected chi connectivity index (χ2v) is 2.82. The molecule has 0 saturated carbocycles. The fourth-order valence-electron chi connectivity index (χ4n) is 1.11. The first-order valence-electron chi connectivity index (χ1n) is 4.03. The molecule has 10 heteroatoms. The number of rotatable bonds is 3. The lowest BCUT2D eigenvalue weighted by atomic mass is 10.6. The number of aromatic amines is 2. The summed E-state index contributed by atoms with van der Waals surface area (Å²) < 4.78 is 0. The number of nitroso groups, excluding NO2 is 2. The summed E-state index contributed by atoms with van der Waals surface area (Å²) in [7, 11) is 0. The van der Waals surface area contributed by atoms with E-state index < -0.39 is 0 Å². The topological polar surface area (TPSA) is 168 Å². The Morgan fingerprint density at radius 2 is 1.69 bits per heavy atom. The third-order valence-electron chi connectivity index (χ3n) is 1.83. The third kappa shape index (κ3) is 1.37. The summed E-state index contributed by atoms with van der Waals surface area (Å²) in [6.45, 7) is 0. The zero-order valence-corrected chi connectivity index (χ0v) is 7.76. The van der Waals surface area contributed by atoms with Gasteiger partial charge < -0.3 is 21.4 Å². The number of nitrogens with one attached hydrogen (secondary N) is 2. The highest BCUT2D eigenvalue weighted by atomic mass is 16.3. The van der Waals surface area contributed by atoms with E-state index in [0.717, 1.165) is 0 Å². The number of nitrogen functional groups attached to an aromatic ring is 2. The van der Waals surface area contributed by atoms with E-state index in [9.17, 15) is 9.81 Å². The van der Waals surface area contributed by atoms with Crippen LogP contribution in [0.15, 0.2) is 10.4 Å². The summed E-state index contributed by atoms with van der Waals surface area (Å²) in [6, 6.07) is 0. The van der Waals surface area contributed by atoms with Gasteiger partial charge in [-0.1, -0.05) is 0 Å². The zero-order valence-electron chi connectivity index (χ0n) is 7.76. The second kappa shape index (κ2) is 3.42. The van der Waals surface area contributed by atoms with E-state index in [1.807, 2.05) is 0 Å². The van der Waals surface area contributed by atoms with Crippen LogP contribution in [0.5, 0.6) is 0 Å². The molecule has 0 saturated heterocycles. The van der Waals surface area contributed by atoms with Gasteiger partial charge in [-0.25, -0.2) is 9.97 Å². The second-order valence-electron chi connectivity index (χ2n) is 2.82. The summed E-state index contributed by atoms with van der Waals surface area (Å²) in [5.74, 6) is -0.0836. The van der Waals surface area contributed by atoms with Crippen molar-refractivity contribution in [3.8, 4) is 11.6 Å². The Bertz CT molecular complexity index is 510. The largest absolute Gasteiger partial charge is 0.382 e. The molecular weight excluding hydrogens is 216 g/mol.